The minimum absolute atomic E-state index is 0.0610. The molecule has 0 radical (unpaired) electrons. The smallest absolute Gasteiger partial charge is 0.241 e. The molecule has 4 rings (SSSR count). The van der Waals surface area contributed by atoms with Gasteiger partial charge in [0.1, 0.15) is 0 Å². The van der Waals surface area contributed by atoms with Crippen LogP contribution in [0, 0.1) is 5.92 Å². The van der Waals surface area contributed by atoms with Crippen LogP contribution in [0.25, 0.3) is 0 Å². The quantitative estimate of drug-likeness (QED) is 0.711. The monoisotopic (exact) mass is 457 g/mol. The molecule has 1 aromatic heterocycles. The molecule has 1 fully saturated rings. The standard InChI is InChI=1S/C24H31N3O2S2/c1-18-9-15-27(21-6-2-3-7-22(21)31-18)23(28)17-26-13-10-19(11-14-26)24(29)25-12-8-20-5-4-16-30-20/h2-7,16,18-19H,8-15,17H2,1H3,(H,25,29). The van der Waals surface area contributed by atoms with Crippen LogP contribution in [0.15, 0.2) is 46.7 Å². The second kappa shape index (κ2) is 10.7. The molecule has 7 heteroatoms. The lowest BCUT2D eigenvalue weighted by atomic mass is 9.96. The van der Waals surface area contributed by atoms with Gasteiger partial charge in [-0.1, -0.05) is 25.1 Å². The van der Waals surface area contributed by atoms with Crippen molar-refractivity contribution in [2.75, 3.05) is 37.6 Å². The van der Waals surface area contributed by atoms with Crippen molar-refractivity contribution in [2.45, 2.75) is 42.8 Å². The Balaban J connectivity index is 1.25. The first-order valence-corrected chi connectivity index (χ1v) is 12.9. The minimum Gasteiger partial charge on any atom is -0.355 e. The van der Waals surface area contributed by atoms with E-state index in [0.717, 1.165) is 51.0 Å². The van der Waals surface area contributed by atoms with Gasteiger partial charge in [0, 0.05) is 34.0 Å². The first-order chi connectivity index (χ1) is 15.1. The van der Waals surface area contributed by atoms with Gasteiger partial charge in [0.25, 0.3) is 0 Å². The number of hydrogen-bond donors (Lipinski definition) is 1. The topological polar surface area (TPSA) is 52.7 Å². The Labute approximate surface area is 193 Å². The van der Waals surface area contributed by atoms with Crippen LogP contribution in [-0.4, -0.2) is 54.7 Å². The van der Waals surface area contributed by atoms with E-state index in [0.29, 0.717) is 18.3 Å². The fourth-order valence-corrected chi connectivity index (χ4v) is 6.11. The van der Waals surface area contributed by atoms with Crippen LogP contribution in [0.4, 0.5) is 5.69 Å². The molecule has 166 valence electrons. The lowest BCUT2D eigenvalue weighted by Gasteiger charge is -2.32. The zero-order valence-electron chi connectivity index (χ0n) is 18.1. The van der Waals surface area contributed by atoms with Gasteiger partial charge in [-0.05, 0) is 62.4 Å². The second-order valence-corrected chi connectivity index (χ2v) is 10.9. The molecule has 1 saturated heterocycles. The molecule has 2 aromatic rings. The summed E-state index contributed by atoms with van der Waals surface area (Å²) in [4.78, 5) is 32.3. The van der Waals surface area contributed by atoms with E-state index in [1.165, 1.54) is 9.77 Å². The van der Waals surface area contributed by atoms with E-state index in [4.69, 9.17) is 0 Å². The number of fused-ring (bicyclic) bond motifs is 1. The average Bonchev–Trinajstić information content (AvgIpc) is 3.22. The highest BCUT2D eigenvalue weighted by molar-refractivity contribution is 8.00. The zero-order valence-corrected chi connectivity index (χ0v) is 19.7. The van der Waals surface area contributed by atoms with Crippen molar-refractivity contribution in [3.05, 3.63) is 46.7 Å². The highest BCUT2D eigenvalue weighted by atomic mass is 32.2. The van der Waals surface area contributed by atoms with Crippen LogP contribution < -0.4 is 10.2 Å². The number of anilines is 1. The molecule has 2 aliphatic rings. The molecule has 0 aliphatic carbocycles. The summed E-state index contributed by atoms with van der Waals surface area (Å²) in [6.07, 6.45) is 3.53. The molecule has 1 N–H and O–H groups in total. The number of thiophene rings is 1. The van der Waals surface area contributed by atoms with Crippen molar-refractivity contribution in [1.29, 1.82) is 0 Å². The van der Waals surface area contributed by atoms with Crippen LogP contribution in [0.3, 0.4) is 0 Å². The second-order valence-electron chi connectivity index (χ2n) is 8.40. The normalized spacial score (nSPS) is 20.2. The Bertz CT molecular complexity index is 879. The number of carbonyl (C=O) groups is 2. The third-order valence-corrected chi connectivity index (χ3v) is 8.29. The van der Waals surface area contributed by atoms with Crippen molar-refractivity contribution >= 4 is 40.6 Å². The summed E-state index contributed by atoms with van der Waals surface area (Å²) in [5, 5.41) is 5.67. The van der Waals surface area contributed by atoms with Crippen LogP contribution >= 0.6 is 23.1 Å². The van der Waals surface area contributed by atoms with Gasteiger partial charge < -0.3 is 10.2 Å². The maximum absolute atomic E-state index is 13.2. The van der Waals surface area contributed by atoms with Crippen LogP contribution in [0.5, 0.6) is 0 Å². The number of para-hydroxylation sites is 1. The number of amides is 2. The van der Waals surface area contributed by atoms with Crippen molar-refractivity contribution in [2.24, 2.45) is 5.92 Å². The number of rotatable bonds is 6. The molecular weight excluding hydrogens is 426 g/mol. The molecule has 0 saturated carbocycles. The molecule has 0 bridgehead atoms. The van der Waals surface area contributed by atoms with Crippen LogP contribution in [0.1, 0.15) is 31.1 Å². The summed E-state index contributed by atoms with van der Waals surface area (Å²) in [6.45, 7) is 5.73. The van der Waals surface area contributed by atoms with Gasteiger partial charge in [0.05, 0.1) is 12.2 Å². The molecule has 0 spiro atoms. The van der Waals surface area contributed by atoms with Gasteiger partial charge in [-0.15, -0.1) is 23.1 Å². The Kier molecular flexibility index (Phi) is 7.69. The van der Waals surface area contributed by atoms with Gasteiger partial charge in [-0.3, -0.25) is 14.5 Å². The fourth-order valence-electron chi connectivity index (χ4n) is 4.28. The van der Waals surface area contributed by atoms with Gasteiger partial charge in [-0.2, -0.15) is 0 Å². The molecule has 1 atom stereocenters. The van der Waals surface area contributed by atoms with Gasteiger partial charge in [0.15, 0.2) is 0 Å². The first-order valence-electron chi connectivity index (χ1n) is 11.2. The highest BCUT2D eigenvalue weighted by Gasteiger charge is 2.29. The maximum Gasteiger partial charge on any atom is 0.241 e. The van der Waals surface area contributed by atoms with Crippen molar-refractivity contribution < 1.29 is 9.59 Å². The number of thioether (sulfide) groups is 1. The van der Waals surface area contributed by atoms with E-state index in [-0.39, 0.29) is 17.7 Å². The summed E-state index contributed by atoms with van der Waals surface area (Å²) < 4.78 is 0. The summed E-state index contributed by atoms with van der Waals surface area (Å²) in [7, 11) is 0. The van der Waals surface area contributed by atoms with E-state index in [2.05, 4.69) is 40.7 Å². The fraction of sp³-hybridized carbons (Fsp3) is 0.500. The van der Waals surface area contributed by atoms with Crippen LogP contribution in [0.2, 0.25) is 0 Å². The molecule has 31 heavy (non-hydrogen) atoms. The predicted octanol–water partition coefficient (Wildman–Crippen LogP) is 4.04. The van der Waals surface area contributed by atoms with Crippen molar-refractivity contribution in [3.63, 3.8) is 0 Å². The molecule has 2 amide bonds. The Hall–Kier alpha value is -1.83. The van der Waals surface area contributed by atoms with E-state index in [1.807, 2.05) is 34.9 Å². The number of hydrogen-bond acceptors (Lipinski definition) is 5. The predicted molar refractivity (Wildman–Crippen MR) is 129 cm³/mol. The van der Waals surface area contributed by atoms with Crippen molar-refractivity contribution in [1.82, 2.24) is 10.2 Å². The SMILES string of the molecule is CC1CCN(C(=O)CN2CCC(C(=O)NCCc3cccs3)CC2)c2ccccc2S1. The number of benzene rings is 1. The van der Waals surface area contributed by atoms with Crippen LogP contribution in [-0.2, 0) is 16.0 Å². The summed E-state index contributed by atoms with van der Waals surface area (Å²) in [6, 6.07) is 12.4. The number of carbonyl (C=O) groups excluding carboxylic acids is 2. The summed E-state index contributed by atoms with van der Waals surface area (Å²) >= 11 is 3.59. The van der Waals surface area contributed by atoms with Gasteiger partial charge >= 0.3 is 0 Å². The molecule has 1 unspecified atom stereocenters. The molecular formula is C24H31N3O2S2. The number of nitrogens with one attached hydrogen (secondary N) is 1. The Morgan fingerprint density at radius 1 is 1.06 bits per heavy atom. The lowest BCUT2D eigenvalue weighted by molar-refractivity contribution is -0.126. The van der Waals surface area contributed by atoms with E-state index >= 15 is 0 Å². The molecule has 1 aromatic carbocycles. The molecule has 3 heterocycles. The highest BCUT2D eigenvalue weighted by Crippen LogP contribution is 2.37. The average molecular weight is 458 g/mol. The summed E-state index contributed by atoms with van der Waals surface area (Å²) in [5.41, 5.74) is 1.04. The van der Waals surface area contributed by atoms with Gasteiger partial charge in [-0.25, -0.2) is 0 Å². The van der Waals surface area contributed by atoms with E-state index in [9.17, 15) is 9.59 Å². The summed E-state index contributed by atoms with van der Waals surface area (Å²) in [5.74, 6) is 0.391. The maximum atomic E-state index is 13.2. The van der Waals surface area contributed by atoms with Gasteiger partial charge in [0.2, 0.25) is 11.8 Å². The van der Waals surface area contributed by atoms with E-state index < -0.39 is 0 Å². The number of piperidine rings is 1. The zero-order chi connectivity index (χ0) is 21.6. The van der Waals surface area contributed by atoms with Crippen molar-refractivity contribution in [3.8, 4) is 0 Å². The third-order valence-electron chi connectivity index (χ3n) is 6.11. The molecule has 5 nitrogen and oxygen atoms in total. The Morgan fingerprint density at radius 3 is 2.65 bits per heavy atom. The third kappa shape index (κ3) is 5.90. The first kappa shape index (κ1) is 22.4. The van der Waals surface area contributed by atoms with E-state index in [1.54, 1.807) is 11.3 Å². The lowest BCUT2D eigenvalue weighted by Crippen LogP contribution is -2.46. The number of nitrogens with zero attached hydrogens (tertiary/aromatic N) is 2. The minimum atomic E-state index is 0.0610. The Morgan fingerprint density at radius 2 is 1.87 bits per heavy atom. The number of likely N-dealkylation sites (tertiary alicyclic amines) is 1. The largest absolute Gasteiger partial charge is 0.355 e. The molecule has 2 aliphatic heterocycles.